The van der Waals surface area contributed by atoms with E-state index >= 15 is 0 Å². The van der Waals surface area contributed by atoms with E-state index in [-0.39, 0.29) is 17.9 Å². The van der Waals surface area contributed by atoms with Crippen LogP contribution in [0.15, 0.2) is 29.3 Å². The molecule has 0 aromatic heterocycles. The third kappa shape index (κ3) is 6.21. The highest BCUT2D eigenvalue weighted by Crippen LogP contribution is 2.19. The van der Waals surface area contributed by atoms with Gasteiger partial charge in [0.05, 0.1) is 0 Å². The van der Waals surface area contributed by atoms with Gasteiger partial charge in [0, 0.05) is 51.2 Å². The molecule has 2 saturated heterocycles. The number of carbonyl (C=O) groups excluding carboxylic acids is 1. The molecule has 0 radical (unpaired) electrons. The summed E-state index contributed by atoms with van der Waals surface area (Å²) in [5, 5.41) is 6.88. The van der Waals surface area contributed by atoms with Gasteiger partial charge in [-0.25, -0.2) is 0 Å². The van der Waals surface area contributed by atoms with E-state index in [9.17, 15) is 4.79 Å². The first-order chi connectivity index (χ1) is 14.5. The van der Waals surface area contributed by atoms with Gasteiger partial charge in [-0.2, -0.15) is 0 Å². The zero-order valence-corrected chi connectivity index (χ0v) is 19.2. The second-order valence-electron chi connectivity index (χ2n) is 9.13. The summed E-state index contributed by atoms with van der Waals surface area (Å²) in [4.78, 5) is 21.1. The van der Waals surface area contributed by atoms with Crippen LogP contribution in [-0.2, 0) is 17.9 Å². The molecule has 2 aliphatic rings. The molecule has 2 aliphatic heterocycles. The monoisotopic (exact) mass is 413 g/mol. The van der Waals surface area contributed by atoms with Gasteiger partial charge in [-0.15, -0.1) is 0 Å². The van der Waals surface area contributed by atoms with E-state index in [1.54, 1.807) is 7.05 Å². The minimum absolute atomic E-state index is 0.0577. The fraction of sp³-hybridized carbons (Fsp3) is 0.667. The Morgan fingerprint density at radius 3 is 2.53 bits per heavy atom. The summed E-state index contributed by atoms with van der Waals surface area (Å²) in [5.74, 6) is 1.09. The highest BCUT2D eigenvalue weighted by molar-refractivity contribution is 5.81. The molecule has 3 rings (SSSR count). The molecule has 166 valence electrons. The van der Waals surface area contributed by atoms with Crippen LogP contribution in [0.1, 0.15) is 57.6 Å². The lowest BCUT2D eigenvalue weighted by atomic mass is 10.0. The number of guanidine groups is 1. The highest BCUT2D eigenvalue weighted by Gasteiger charge is 2.28. The van der Waals surface area contributed by atoms with Crippen molar-refractivity contribution in [1.82, 2.24) is 20.4 Å². The Hall–Kier alpha value is -2.08. The summed E-state index contributed by atoms with van der Waals surface area (Å²) < 4.78 is 0. The SMILES string of the molecule is CN=C(NCc1ccc(CN2CCCCC2C)cc1)NC1CCN(C(=O)C(C)C)C1. The number of likely N-dealkylation sites (tertiary alicyclic amines) is 2. The van der Waals surface area contributed by atoms with Crippen LogP contribution in [-0.4, -0.2) is 60.4 Å². The van der Waals surface area contributed by atoms with E-state index in [4.69, 9.17) is 0 Å². The van der Waals surface area contributed by atoms with Crippen LogP contribution in [0, 0.1) is 5.92 Å². The molecule has 6 nitrogen and oxygen atoms in total. The number of aliphatic imine (C=N–C) groups is 1. The molecule has 0 saturated carbocycles. The van der Waals surface area contributed by atoms with Crippen molar-refractivity contribution >= 4 is 11.9 Å². The zero-order chi connectivity index (χ0) is 21.5. The lowest BCUT2D eigenvalue weighted by molar-refractivity contribution is -0.133. The molecule has 2 atom stereocenters. The van der Waals surface area contributed by atoms with Gasteiger partial charge in [0.1, 0.15) is 0 Å². The molecule has 2 unspecified atom stereocenters. The van der Waals surface area contributed by atoms with Gasteiger partial charge in [-0.1, -0.05) is 44.5 Å². The molecular formula is C24H39N5O. The smallest absolute Gasteiger partial charge is 0.225 e. The average Bonchev–Trinajstić information content (AvgIpc) is 3.21. The van der Waals surface area contributed by atoms with Crippen molar-refractivity contribution in [2.75, 3.05) is 26.7 Å². The van der Waals surface area contributed by atoms with E-state index in [0.717, 1.165) is 38.6 Å². The van der Waals surface area contributed by atoms with Crippen LogP contribution in [0.2, 0.25) is 0 Å². The van der Waals surface area contributed by atoms with Gasteiger partial charge in [-0.3, -0.25) is 14.7 Å². The highest BCUT2D eigenvalue weighted by atomic mass is 16.2. The minimum atomic E-state index is 0.0577. The number of nitrogens with one attached hydrogen (secondary N) is 2. The summed E-state index contributed by atoms with van der Waals surface area (Å²) in [6, 6.07) is 9.87. The summed E-state index contributed by atoms with van der Waals surface area (Å²) in [5.41, 5.74) is 2.63. The Kier molecular flexibility index (Phi) is 8.14. The molecule has 1 amide bonds. The molecule has 2 heterocycles. The molecule has 0 bridgehead atoms. The lowest BCUT2D eigenvalue weighted by Crippen LogP contribution is -2.45. The molecule has 1 aromatic rings. The average molecular weight is 414 g/mol. The number of benzene rings is 1. The third-order valence-electron chi connectivity index (χ3n) is 6.37. The van der Waals surface area contributed by atoms with E-state index in [0.29, 0.717) is 6.04 Å². The first kappa shape index (κ1) is 22.6. The zero-order valence-electron chi connectivity index (χ0n) is 19.2. The predicted octanol–water partition coefficient (Wildman–Crippen LogP) is 2.98. The molecule has 2 N–H and O–H groups in total. The van der Waals surface area contributed by atoms with Crippen molar-refractivity contribution in [2.45, 2.75) is 71.6 Å². The standard InChI is InChI=1S/C24H39N5O/c1-18(2)23(30)29-14-12-22(17-29)27-24(25-4)26-15-20-8-10-21(11-9-20)16-28-13-6-5-7-19(28)3/h8-11,18-19,22H,5-7,12-17H2,1-4H3,(H2,25,26,27). The van der Waals surface area contributed by atoms with Crippen LogP contribution in [0.5, 0.6) is 0 Å². The second kappa shape index (κ2) is 10.8. The fourth-order valence-corrected chi connectivity index (χ4v) is 4.41. The topological polar surface area (TPSA) is 60.0 Å². The van der Waals surface area contributed by atoms with Crippen LogP contribution in [0.25, 0.3) is 0 Å². The number of hydrogen-bond acceptors (Lipinski definition) is 3. The molecule has 2 fully saturated rings. The number of carbonyl (C=O) groups is 1. The Morgan fingerprint density at radius 2 is 1.87 bits per heavy atom. The molecule has 30 heavy (non-hydrogen) atoms. The molecule has 0 spiro atoms. The number of rotatable bonds is 6. The van der Waals surface area contributed by atoms with Crippen molar-refractivity contribution in [2.24, 2.45) is 10.9 Å². The van der Waals surface area contributed by atoms with E-state index in [1.807, 2.05) is 18.7 Å². The van der Waals surface area contributed by atoms with Gasteiger partial charge in [0.25, 0.3) is 0 Å². The van der Waals surface area contributed by atoms with Crippen molar-refractivity contribution in [1.29, 1.82) is 0 Å². The van der Waals surface area contributed by atoms with Crippen LogP contribution in [0.4, 0.5) is 0 Å². The normalized spacial score (nSPS) is 23.1. The Bertz CT molecular complexity index is 715. The van der Waals surface area contributed by atoms with Crippen LogP contribution < -0.4 is 10.6 Å². The van der Waals surface area contributed by atoms with Crippen LogP contribution in [0.3, 0.4) is 0 Å². The first-order valence-electron chi connectivity index (χ1n) is 11.5. The van der Waals surface area contributed by atoms with E-state index in [2.05, 4.69) is 51.7 Å². The first-order valence-corrected chi connectivity index (χ1v) is 11.5. The molecule has 0 aliphatic carbocycles. The summed E-state index contributed by atoms with van der Waals surface area (Å²) in [6.45, 7) is 10.8. The van der Waals surface area contributed by atoms with Gasteiger partial charge in [0.2, 0.25) is 5.91 Å². The Labute approximate surface area is 182 Å². The van der Waals surface area contributed by atoms with Gasteiger partial charge in [0.15, 0.2) is 5.96 Å². The largest absolute Gasteiger partial charge is 0.352 e. The maximum absolute atomic E-state index is 12.2. The number of amides is 1. The second-order valence-corrected chi connectivity index (χ2v) is 9.13. The predicted molar refractivity (Wildman–Crippen MR) is 123 cm³/mol. The Balaban J connectivity index is 1.44. The molecule has 1 aromatic carbocycles. The van der Waals surface area contributed by atoms with Crippen molar-refractivity contribution in [3.05, 3.63) is 35.4 Å². The number of piperidine rings is 1. The molecule has 6 heteroatoms. The maximum atomic E-state index is 12.2. The number of hydrogen-bond donors (Lipinski definition) is 2. The quantitative estimate of drug-likeness (QED) is 0.556. The van der Waals surface area contributed by atoms with E-state index in [1.165, 1.54) is 36.9 Å². The van der Waals surface area contributed by atoms with E-state index < -0.39 is 0 Å². The van der Waals surface area contributed by atoms with Crippen molar-refractivity contribution < 1.29 is 4.79 Å². The summed E-state index contributed by atoms with van der Waals surface area (Å²) in [7, 11) is 1.80. The minimum Gasteiger partial charge on any atom is -0.352 e. The van der Waals surface area contributed by atoms with Crippen LogP contribution >= 0.6 is 0 Å². The molecular weight excluding hydrogens is 374 g/mol. The summed E-state index contributed by atoms with van der Waals surface area (Å²) in [6.07, 6.45) is 4.97. The fourth-order valence-electron chi connectivity index (χ4n) is 4.41. The summed E-state index contributed by atoms with van der Waals surface area (Å²) >= 11 is 0. The third-order valence-corrected chi connectivity index (χ3v) is 6.37. The maximum Gasteiger partial charge on any atom is 0.225 e. The van der Waals surface area contributed by atoms with Gasteiger partial charge < -0.3 is 15.5 Å². The number of nitrogens with zero attached hydrogens (tertiary/aromatic N) is 3. The van der Waals surface area contributed by atoms with Gasteiger partial charge in [-0.05, 0) is 43.9 Å². The lowest BCUT2D eigenvalue weighted by Gasteiger charge is -2.33. The van der Waals surface area contributed by atoms with Gasteiger partial charge >= 0.3 is 0 Å². The van der Waals surface area contributed by atoms with Crippen molar-refractivity contribution in [3.63, 3.8) is 0 Å². The van der Waals surface area contributed by atoms with Crippen molar-refractivity contribution in [3.8, 4) is 0 Å². The Morgan fingerprint density at radius 1 is 1.13 bits per heavy atom.